The number of carbonyl (C=O) groups excluding carboxylic acids is 1. The molecule has 1 saturated heterocycles. The summed E-state index contributed by atoms with van der Waals surface area (Å²) in [5.41, 5.74) is 0. The van der Waals surface area contributed by atoms with Gasteiger partial charge in [0.2, 0.25) is 15.9 Å². The van der Waals surface area contributed by atoms with Crippen molar-refractivity contribution in [3.63, 3.8) is 0 Å². The molecule has 110 valence electrons. The Balaban J connectivity index is 2.54. The van der Waals surface area contributed by atoms with E-state index >= 15 is 0 Å². The number of aliphatic carboxylic acids is 1. The van der Waals surface area contributed by atoms with Crippen LogP contribution in [0.5, 0.6) is 0 Å². The van der Waals surface area contributed by atoms with Gasteiger partial charge in [0.05, 0.1) is 5.75 Å². The summed E-state index contributed by atoms with van der Waals surface area (Å²) in [6.45, 7) is 1.92. The van der Waals surface area contributed by atoms with Crippen molar-refractivity contribution in [1.29, 1.82) is 0 Å². The first-order valence-electron chi connectivity index (χ1n) is 6.22. The zero-order chi connectivity index (χ0) is 14.6. The molecule has 0 aromatic carbocycles. The Hall–Kier alpha value is -1.15. The summed E-state index contributed by atoms with van der Waals surface area (Å²) in [5.74, 6) is -1.50. The Bertz CT molecular complexity index is 440. The summed E-state index contributed by atoms with van der Waals surface area (Å²) in [5, 5.41) is 8.63. The summed E-state index contributed by atoms with van der Waals surface area (Å²) in [7, 11) is -1.75. The van der Waals surface area contributed by atoms with E-state index in [-0.39, 0.29) is 24.1 Å². The molecule has 0 unspecified atom stereocenters. The van der Waals surface area contributed by atoms with Crippen LogP contribution in [-0.2, 0) is 19.6 Å². The standard InChI is InChI=1S/C11H20N2O5S/c1-3-19(17,18)13-6-4-9(5-7-13)11(16)12(2)8-10(14)15/h9H,3-8H2,1-2H3,(H,14,15). The van der Waals surface area contributed by atoms with Gasteiger partial charge in [0.15, 0.2) is 0 Å². The number of piperidine rings is 1. The molecule has 0 bridgehead atoms. The molecule has 1 N–H and O–H groups in total. The van der Waals surface area contributed by atoms with Gasteiger partial charge in [0, 0.05) is 26.1 Å². The van der Waals surface area contributed by atoms with Crippen molar-refractivity contribution in [2.24, 2.45) is 5.92 Å². The second-order valence-corrected chi connectivity index (χ2v) is 6.92. The van der Waals surface area contributed by atoms with Gasteiger partial charge in [0.1, 0.15) is 6.54 Å². The van der Waals surface area contributed by atoms with E-state index in [2.05, 4.69) is 0 Å². The molecule has 0 spiro atoms. The molecule has 8 heteroatoms. The van der Waals surface area contributed by atoms with Crippen LogP contribution in [0.1, 0.15) is 19.8 Å². The van der Waals surface area contributed by atoms with Crippen molar-refractivity contribution in [2.75, 3.05) is 32.4 Å². The van der Waals surface area contributed by atoms with E-state index in [1.165, 1.54) is 16.3 Å². The van der Waals surface area contributed by atoms with Gasteiger partial charge in [-0.3, -0.25) is 9.59 Å². The Kier molecular flexibility index (Phi) is 5.30. The molecule has 0 saturated carbocycles. The van der Waals surface area contributed by atoms with Gasteiger partial charge >= 0.3 is 5.97 Å². The first-order valence-corrected chi connectivity index (χ1v) is 7.83. The zero-order valence-electron chi connectivity index (χ0n) is 11.2. The number of amides is 1. The Morgan fingerprint density at radius 2 is 1.84 bits per heavy atom. The average molecular weight is 292 g/mol. The van der Waals surface area contributed by atoms with Crippen molar-refractivity contribution >= 4 is 21.9 Å². The Labute approximate surface area is 113 Å². The number of rotatable bonds is 5. The van der Waals surface area contributed by atoms with E-state index in [9.17, 15) is 18.0 Å². The molecule has 0 aliphatic carbocycles. The smallest absolute Gasteiger partial charge is 0.323 e. The van der Waals surface area contributed by atoms with E-state index < -0.39 is 16.0 Å². The number of hydrogen-bond donors (Lipinski definition) is 1. The van der Waals surface area contributed by atoms with E-state index in [0.717, 1.165) is 0 Å². The highest BCUT2D eigenvalue weighted by molar-refractivity contribution is 7.89. The quantitative estimate of drug-likeness (QED) is 0.743. The molecule has 0 atom stereocenters. The number of carboxylic acid groups (broad SMARTS) is 1. The maximum absolute atomic E-state index is 12.0. The lowest BCUT2D eigenvalue weighted by Crippen LogP contribution is -2.44. The number of carbonyl (C=O) groups is 2. The molecule has 0 aromatic rings. The summed E-state index contributed by atoms with van der Waals surface area (Å²) in [4.78, 5) is 23.7. The molecule has 1 aliphatic heterocycles. The molecular weight excluding hydrogens is 272 g/mol. The van der Waals surface area contributed by atoms with Gasteiger partial charge in [0.25, 0.3) is 0 Å². The van der Waals surface area contributed by atoms with Gasteiger partial charge in [-0.15, -0.1) is 0 Å². The summed E-state index contributed by atoms with van der Waals surface area (Å²) in [6.07, 6.45) is 0.893. The van der Waals surface area contributed by atoms with Gasteiger partial charge in [-0.05, 0) is 19.8 Å². The van der Waals surface area contributed by atoms with Crippen LogP contribution < -0.4 is 0 Å². The van der Waals surface area contributed by atoms with Crippen LogP contribution in [0.2, 0.25) is 0 Å². The minimum Gasteiger partial charge on any atom is -0.480 e. The molecule has 1 aliphatic rings. The van der Waals surface area contributed by atoms with Crippen LogP contribution in [0.25, 0.3) is 0 Å². The van der Waals surface area contributed by atoms with Crippen molar-refractivity contribution < 1.29 is 23.1 Å². The van der Waals surface area contributed by atoms with Crippen molar-refractivity contribution in [3.8, 4) is 0 Å². The first-order chi connectivity index (χ1) is 8.77. The molecule has 0 radical (unpaired) electrons. The number of nitrogens with zero attached hydrogens (tertiary/aromatic N) is 2. The topological polar surface area (TPSA) is 95.0 Å². The molecule has 1 amide bonds. The van der Waals surface area contributed by atoms with Gasteiger partial charge in [-0.2, -0.15) is 0 Å². The normalized spacial score (nSPS) is 18.2. The lowest BCUT2D eigenvalue weighted by Gasteiger charge is -2.31. The third-order valence-corrected chi connectivity index (χ3v) is 5.19. The van der Waals surface area contributed by atoms with Crippen LogP contribution in [-0.4, -0.2) is 67.0 Å². The van der Waals surface area contributed by atoms with Crippen molar-refractivity contribution in [3.05, 3.63) is 0 Å². The lowest BCUT2D eigenvalue weighted by atomic mass is 9.97. The van der Waals surface area contributed by atoms with Crippen LogP contribution in [0.4, 0.5) is 0 Å². The fraction of sp³-hybridized carbons (Fsp3) is 0.818. The highest BCUT2D eigenvalue weighted by Crippen LogP contribution is 2.21. The maximum Gasteiger partial charge on any atom is 0.323 e. The number of likely N-dealkylation sites (N-methyl/N-ethyl adjacent to an activating group) is 1. The second-order valence-electron chi connectivity index (χ2n) is 4.66. The third kappa shape index (κ3) is 4.17. The van der Waals surface area contributed by atoms with Gasteiger partial charge in [-0.25, -0.2) is 12.7 Å². The SMILES string of the molecule is CCS(=O)(=O)N1CCC(C(=O)N(C)CC(=O)O)CC1. The predicted octanol–water partition coefficient (Wildman–Crippen LogP) is -0.409. The second kappa shape index (κ2) is 6.33. The predicted molar refractivity (Wildman–Crippen MR) is 69.0 cm³/mol. The molecule has 7 nitrogen and oxygen atoms in total. The summed E-state index contributed by atoms with van der Waals surface area (Å²) < 4.78 is 24.7. The number of carboxylic acids is 1. The molecular formula is C11H20N2O5S. The highest BCUT2D eigenvalue weighted by Gasteiger charge is 2.31. The van der Waals surface area contributed by atoms with E-state index in [4.69, 9.17) is 5.11 Å². The molecule has 0 aromatic heterocycles. The van der Waals surface area contributed by atoms with Gasteiger partial charge < -0.3 is 10.0 Å². The molecule has 1 heterocycles. The fourth-order valence-electron chi connectivity index (χ4n) is 2.16. The molecule has 19 heavy (non-hydrogen) atoms. The van der Waals surface area contributed by atoms with E-state index in [0.29, 0.717) is 25.9 Å². The minimum absolute atomic E-state index is 0.0600. The van der Waals surface area contributed by atoms with E-state index in [1.807, 2.05) is 0 Å². The van der Waals surface area contributed by atoms with Crippen LogP contribution in [0, 0.1) is 5.92 Å². The largest absolute Gasteiger partial charge is 0.480 e. The molecule has 1 rings (SSSR count). The zero-order valence-corrected chi connectivity index (χ0v) is 12.0. The van der Waals surface area contributed by atoms with Crippen molar-refractivity contribution in [1.82, 2.24) is 9.21 Å². The van der Waals surface area contributed by atoms with Gasteiger partial charge in [-0.1, -0.05) is 0 Å². The maximum atomic E-state index is 12.0. The average Bonchev–Trinajstić information content (AvgIpc) is 2.37. The first kappa shape index (κ1) is 15.9. The van der Waals surface area contributed by atoms with Crippen LogP contribution >= 0.6 is 0 Å². The lowest BCUT2D eigenvalue weighted by molar-refractivity contribution is -0.145. The Morgan fingerprint density at radius 3 is 2.26 bits per heavy atom. The summed E-state index contributed by atoms with van der Waals surface area (Å²) >= 11 is 0. The van der Waals surface area contributed by atoms with Crippen LogP contribution in [0.15, 0.2) is 0 Å². The third-order valence-electron chi connectivity index (χ3n) is 3.31. The Morgan fingerprint density at radius 1 is 1.32 bits per heavy atom. The molecule has 1 fully saturated rings. The minimum atomic E-state index is -3.20. The number of hydrogen-bond acceptors (Lipinski definition) is 4. The van der Waals surface area contributed by atoms with Crippen LogP contribution in [0.3, 0.4) is 0 Å². The summed E-state index contributed by atoms with van der Waals surface area (Å²) in [6, 6.07) is 0. The van der Waals surface area contributed by atoms with Crippen molar-refractivity contribution in [2.45, 2.75) is 19.8 Å². The highest BCUT2D eigenvalue weighted by atomic mass is 32.2. The number of sulfonamides is 1. The fourth-order valence-corrected chi connectivity index (χ4v) is 3.29. The monoisotopic (exact) mass is 292 g/mol. The van der Waals surface area contributed by atoms with E-state index in [1.54, 1.807) is 6.92 Å².